The Balaban J connectivity index is 1.74. The number of halogens is 1. The lowest BCUT2D eigenvalue weighted by Gasteiger charge is -2.07. The molecular weight excluding hydrogens is 285 g/mol. The summed E-state index contributed by atoms with van der Waals surface area (Å²) in [4.78, 5) is 4.05. The normalized spacial score (nSPS) is 10.6. The molecule has 0 radical (unpaired) electrons. The predicted molar refractivity (Wildman–Crippen MR) is 78.4 cm³/mol. The number of ether oxygens (including phenoxy) is 1. The third-order valence-corrected chi connectivity index (χ3v) is 3.07. The van der Waals surface area contributed by atoms with Gasteiger partial charge in [0.2, 0.25) is 11.7 Å². The SMILES string of the molecule is NCc1nc(-c2ccc(OCc3ccccc3)c(F)c2)no1. The Morgan fingerprint density at radius 3 is 2.64 bits per heavy atom. The monoisotopic (exact) mass is 299 g/mol. The van der Waals surface area contributed by atoms with Gasteiger partial charge in [-0.25, -0.2) is 4.39 Å². The van der Waals surface area contributed by atoms with Crippen LogP contribution in [0.3, 0.4) is 0 Å². The van der Waals surface area contributed by atoms with Crippen molar-refractivity contribution < 1.29 is 13.7 Å². The van der Waals surface area contributed by atoms with Gasteiger partial charge in [-0.3, -0.25) is 0 Å². The lowest BCUT2D eigenvalue weighted by molar-refractivity contribution is 0.290. The van der Waals surface area contributed by atoms with Crippen molar-refractivity contribution in [3.8, 4) is 17.1 Å². The molecule has 1 heterocycles. The zero-order valence-corrected chi connectivity index (χ0v) is 11.7. The molecule has 3 aromatic rings. The van der Waals surface area contributed by atoms with Crippen LogP contribution in [-0.2, 0) is 13.2 Å². The molecule has 2 aromatic carbocycles. The van der Waals surface area contributed by atoms with E-state index in [-0.39, 0.29) is 12.3 Å². The highest BCUT2D eigenvalue weighted by molar-refractivity contribution is 5.56. The fraction of sp³-hybridized carbons (Fsp3) is 0.125. The molecule has 5 nitrogen and oxygen atoms in total. The summed E-state index contributed by atoms with van der Waals surface area (Å²) in [5, 5.41) is 3.75. The first kappa shape index (κ1) is 14.2. The summed E-state index contributed by atoms with van der Waals surface area (Å²) < 4.78 is 24.5. The average Bonchev–Trinajstić information content (AvgIpc) is 3.04. The van der Waals surface area contributed by atoms with Crippen LogP contribution in [0.1, 0.15) is 11.5 Å². The molecule has 1 aromatic heterocycles. The third kappa shape index (κ3) is 3.12. The van der Waals surface area contributed by atoms with Crippen LogP contribution < -0.4 is 10.5 Å². The van der Waals surface area contributed by atoms with Gasteiger partial charge in [-0.2, -0.15) is 4.98 Å². The van der Waals surface area contributed by atoms with Gasteiger partial charge in [0, 0.05) is 5.56 Å². The molecule has 0 aliphatic heterocycles. The largest absolute Gasteiger partial charge is 0.486 e. The van der Waals surface area contributed by atoms with Gasteiger partial charge in [0.1, 0.15) is 6.61 Å². The zero-order valence-electron chi connectivity index (χ0n) is 11.7. The van der Waals surface area contributed by atoms with Crippen molar-refractivity contribution in [3.05, 3.63) is 65.8 Å². The van der Waals surface area contributed by atoms with E-state index in [2.05, 4.69) is 10.1 Å². The molecule has 0 fully saturated rings. The molecule has 0 saturated heterocycles. The quantitative estimate of drug-likeness (QED) is 0.784. The first-order chi connectivity index (χ1) is 10.8. The van der Waals surface area contributed by atoms with Gasteiger partial charge in [0.15, 0.2) is 11.6 Å². The highest BCUT2D eigenvalue weighted by Gasteiger charge is 2.11. The highest BCUT2D eigenvalue weighted by Crippen LogP contribution is 2.24. The van der Waals surface area contributed by atoms with E-state index in [9.17, 15) is 4.39 Å². The van der Waals surface area contributed by atoms with E-state index in [1.54, 1.807) is 12.1 Å². The summed E-state index contributed by atoms with van der Waals surface area (Å²) in [7, 11) is 0. The first-order valence-electron chi connectivity index (χ1n) is 6.75. The average molecular weight is 299 g/mol. The van der Waals surface area contributed by atoms with Gasteiger partial charge < -0.3 is 15.0 Å². The molecular formula is C16H14FN3O2. The van der Waals surface area contributed by atoms with Crippen molar-refractivity contribution in [2.45, 2.75) is 13.2 Å². The number of rotatable bonds is 5. The van der Waals surface area contributed by atoms with Crippen molar-refractivity contribution >= 4 is 0 Å². The molecule has 0 amide bonds. The Labute approximate surface area is 126 Å². The van der Waals surface area contributed by atoms with Crippen molar-refractivity contribution in [2.24, 2.45) is 5.73 Å². The van der Waals surface area contributed by atoms with E-state index in [0.29, 0.717) is 23.9 Å². The van der Waals surface area contributed by atoms with Gasteiger partial charge in [0.05, 0.1) is 6.54 Å². The Morgan fingerprint density at radius 2 is 1.95 bits per heavy atom. The molecule has 2 N–H and O–H groups in total. The Bertz CT molecular complexity index is 759. The van der Waals surface area contributed by atoms with Crippen LogP contribution in [-0.4, -0.2) is 10.1 Å². The molecule has 0 saturated carbocycles. The first-order valence-corrected chi connectivity index (χ1v) is 6.75. The maximum Gasteiger partial charge on any atom is 0.240 e. The standard InChI is InChI=1S/C16H14FN3O2/c17-13-8-12(16-19-15(9-18)22-20-16)6-7-14(13)21-10-11-4-2-1-3-5-11/h1-8H,9-10,18H2. The van der Waals surface area contributed by atoms with Crippen LogP contribution in [0.5, 0.6) is 5.75 Å². The van der Waals surface area contributed by atoms with Crippen molar-refractivity contribution in [3.63, 3.8) is 0 Å². The van der Waals surface area contributed by atoms with Crippen molar-refractivity contribution in [2.75, 3.05) is 0 Å². The Morgan fingerprint density at radius 1 is 1.14 bits per heavy atom. The molecule has 0 spiro atoms. The topological polar surface area (TPSA) is 74.2 Å². The number of hydrogen-bond acceptors (Lipinski definition) is 5. The van der Waals surface area contributed by atoms with E-state index in [1.165, 1.54) is 6.07 Å². The number of aromatic nitrogens is 2. The minimum absolute atomic E-state index is 0.147. The van der Waals surface area contributed by atoms with Gasteiger partial charge >= 0.3 is 0 Å². The van der Waals surface area contributed by atoms with E-state index < -0.39 is 5.82 Å². The van der Waals surface area contributed by atoms with E-state index in [4.69, 9.17) is 15.0 Å². The fourth-order valence-corrected chi connectivity index (χ4v) is 1.95. The number of nitrogens with zero attached hydrogens (tertiary/aromatic N) is 2. The van der Waals surface area contributed by atoms with Crippen molar-refractivity contribution in [1.82, 2.24) is 10.1 Å². The van der Waals surface area contributed by atoms with Crippen LogP contribution in [0, 0.1) is 5.82 Å². The molecule has 6 heteroatoms. The molecule has 112 valence electrons. The Hall–Kier alpha value is -2.73. The maximum atomic E-state index is 14.1. The third-order valence-electron chi connectivity index (χ3n) is 3.07. The predicted octanol–water partition coefficient (Wildman–Crippen LogP) is 2.91. The molecule has 0 unspecified atom stereocenters. The number of hydrogen-bond donors (Lipinski definition) is 1. The van der Waals surface area contributed by atoms with E-state index in [0.717, 1.165) is 5.56 Å². The summed E-state index contributed by atoms with van der Waals surface area (Å²) in [6.07, 6.45) is 0. The van der Waals surface area contributed by atoms with Gasteiger partial charge in [-0.15, -0.1) is 0 Å². The minimum Gasteiger partial charge on any atom is -0.486 e. The van der Waals surface area contributed by atoms with Gasteiger partial charge in [-0.1, -0.05) is 35.5 Å². The molecule has 0 aliphatic carbocycles. The van der Waals surface area contributed by atoms with Crippen LogP contribution >= 0.6 is 0 Å². The van der Waals surface area contributed by atoms with Crippen molar-refractivity contribution in [1.29, 1.82) is 0 Å². The smallest absolute Gasteiger partial charge is 0.240 e. The minimum atomic E-state index is -0.479. The zero-order chi connectivity index (χ0) is 15.4. The lowest BCUT2D eigenvalue weighted by atomic mass is 10.2. The van der Waals surface area contributed by atoms with Crippen LogP contribution in [0.4, 0.5) is 4.39 Å². The molecule has 0 atom stereocenters. The van der Waals surface area contributed by atoms with Gasteiger partial charge in [-0.05, 0) is 23.8 Å². The fourth-order valence-electron chi connectivity index (χ4n) is 1.95. The van der Waals surface area contributed by atoms with Crippen LogP contribution in [0.15, 0.2) is 53.1 Å². The lowest BCUT2D eigenvalue weighted by Crippen LogP contribution is -1.98. The molecule has 0 bridgehead atoms. The summed E-state index contributed by atoms with van der Waals surface area (Å²) in [6.45, 7) is 0.449. The van der Waals surface area contributed by atoms with Crippen LogP contribution in [0.2, 0.25) is 0 Å². The number of benzene rings is 2. The summed E-state index contributed by atoms with van der Waals surface area (Å²) in [5.41, 5.74) is 6.88. The highest BCUT2D eigenvalue weighted by atomic mass is 19.1. The van der Waals surface area contributed by atoms with Gasteiger partial charge in [0.25, 0.3) is 0 Å². The maximum absolute atomic E-state index is 14.1. The summed E-state index contributed by atoms with van der Waals surface area (Å²) >= 11 is 0. The second-order valence-electron chi connectivity index (χ2n) is 4.64. The Kier molecular flexibility index (Phi) is 4.11. The van der Waals surface area contributed by atoms with E-state index >= 15 is 0 Å². The molecule has 0 aliphatic rings. The van der Waals surface area contributed by atoms with E-state index in [1.807, 2.05) is 30.3 Å². The second-order valence-corrected chi connectivity index (χ2v) is 4.64. The number of nitrogens with two attached hydrogens (primary N) is 1. The second kappa shape index (κ2) is 6.36. The summed E-state index contributed by atoms with van der Waals surface area (Å²) in [5.74, 6) is 0.302. The van der Waals surface area contributed by atoms with Crippen LogP contribution in [0.25, 0.3) is 11.4 Å². The molecule has 3 rings (SSSR count). The molecule has 22 heavy (non-hydrogen) atoms. The summed E-state index contributed by atoms with van der Waals surface area (Å²) in [6, 6.07) is 14.1.